The summed E-state index contributed by atoms with van der Waals surface area (Å²) in [5.41, 5.74) is 3.03. The van der Waals surface area contributed by atoms with E-state index in [1.807, 2.05) is 25.2 Å². The van der Waals surface area contributed by atoms with Crippen molar-refractivity contribution in [3.63, 3.8) is 0 Å². The third-order valence-electron chi connectivity index (χ3n) is 3.20. The smallest absolute Gasteiger partial charge is 0.336 e. The number of aryl methyl sites for hydroxylation is 1. The van der Waals surface area contributed by atoms with E-state index >= 15 is 0 Å². The van der Waals surface area contributed by atoms with Gasteiger partial charge < -0.3 is 10.4 Å². The Morgan fingerprint density at radius 3 is 2.79 bits per heavy atom. The molecule has 2 aromatic rings. The first-order valence-electron chi connectivity index (χ1n) is 6.46. The van der Waals surface area contributed by atoms with Crippen molar-refractivity contribution in [3.05, 3.63) is 41.1 Å². The van der Waals surface area contributed by atoms with E-state index in [0.29, 0.717) is 5.56 Å². The van der Waals surface area contributed by atoms with Gasteiger partial charge in [0.2, 0.25) is 0 Å². The van der Waals surface area contributed by atoms with Gasteiger partial charge in [-0.25, -0.2) is 4.79 Å². The molecule has 0 atom stereocenters. The average molecular weight is 258 g/mol. The van der Waals surface area contributed by atoms with Crippen LogP contribution in [0.25, 0.3) is 10.9 Å². The highest BCUT2D eigenvalue weighted by atomic mass is 16.4. The number of rotatable bonds is 5. The first kappa shape index (κ1) is 13.5. The SMILES string of the molecule is CCc1ccc2nc(CCNC)cc(C(=O)O)c2c1. The van der Waals surface area contributed by atoms with Crippen LogP contribution in [-0.2, 0) is 12.8 Å². The highest BCUT2D eigenvalue weighted by Gasteiger charge is 2.12. The van der Waals surface area contributed by atoms with Gasteiger partial charge in [-0.2, -0.15) is 0 Å². The van der Waals surface area contributed by atoms with Gasteiger partial charge in [-0.05, 0) is 37.2 Å². The van der Waals surface area contributed by atoms with Crippen LogP contribution in [0.5, 0.6) is 0 Å². The van der Waals surface area contributed by atoms with Crippen molar-refractivity contribution in [2.24, 2.45) is 0 Å². The van der Waals surface area contributed by atoms with Crippen LogP contribution in [0.2, 0.25) is 0 Å². The van der Waals surface area contributed by atoms with E-state index < -0.39 is 5.97 Å². The van der Waals surface area contributed by atoms with Crippen LogP contribution in [0, 0.1) is 0 Å². The number of fused-ring (bicyclic) bond motifs is 1. The molecule has 19 heavy (non-hydrogen) atoms. The number of hydrogen-bond acceptors (Lipinski definition) is 3. The fraction of sp³-hybridized carbons (Fsp3) is 0.333. The van der Waals surface area contributed by atoms with Crippen molar-refractivity contribution in [1.82, 2.24) is 10.3 Å². The molecule has 0 aliphatic carbocycles. The molecular formula is C15H18N2O2. The molecule has 2 rings (SSSR count). The van der Waals surface area contributed by atoms with Crippen LogP contribution in [-0.4, -0.2) is 29.7 Å². The number of hydrogen-bond donors (Lipinski definition) is 2. The molecule has 1 aromatic carbocycles. The van der Waals surface area contributed by atoms with E-state index in [2.05, 4.69) is 17.2 Å². The lowest BCUT2D eigenvalue weighted by Crippen LogP contribution is -2.12. The Labute approximate surface area is 112 Å². The van der Waals surface area contributed by atoms with Crippen molar-refractivity contribution < 1.29 is 9.90 Å². The molecule has 2 N–H and O–H groups in total. The normalized spacial score (nSPS) is 10.8. The van der Waals surface area contributed by atoms with E-state index in [0.717, 1.165) is 41.5 Å². The average Bonchev–Trinajstić information content (AvgIpc) is 2.43. The van der Waals surface area contributed by atoms with Crippen molar-refractivity contribution >= 4 is 16.9 Å². The molecule has 1 aromatic heterocycles. The Bertz CT molecular complexity index is 608. The number of carboxylic acid groups (broad SMARTS) is 1. The molecule has 4 nitrogen and oxygen atoms in total. The summed E-state index contributed by atoms with van der Waals surface area (Å²) in [5.74, 6) is -0.897. The number of likely N-dealkylation sites (N-methyl/N-ethyl adjacent to an activating group) is 1. The first-order chi connectivity index (χ1) is 9.15. The second-order valence-electron chi connectivity index (χ2n) is 4.52. The van der Waals surface area contributed by atoms with Gasteiger partial charge in [0.15, 0.2) is 0 Å². The number of carboxylic acids is 1. The zero-order valence-corrected chi connectivity index (χ0v) is 11.2. The number of aromatic nitrogens is 1. The van der Waals surface area contributed by atoms with Crippen LogP contribution in [0.1, 0.15) is 28.5 Å². The number of nitrogens with zero attached hydrogens (tertiary/aromatic N) is 1. The van der Waals surface area contributed by atoms with Gasteiger partial charge in [-0.1, -0.05) is 13.0 Å². The van der Waals surface area contributed by atoms with Crippen LogP contribution >= 0.6 is 0 Å². The van der Waals surface area contributed by atoms with Gasteiger partial charge in [-0.15, -0.1) is 0 Å². The van der Waals surface area contributed by atoms with E-state index in [4.69, 9.17) is 0 Å². The Hall–Kier alpha value is -1.94. The third-order valence-corrected chi connectivity index (χ3v) is 3.20. The van der Waals surface area contributed by atoms with Crippen LogP contribution in [0.4, 0.5) is 0 Å². The highest BCUT2D eigenvalue weighted by molar-refractivity contribution is 6.02. The zero-order chi connectivity index (χ0) is 13.8. The van der Waals surface area contributed by atoms with Crippen LogP contribution in [0.3, 0.4) is 0 Å². The molecular weight excluding hydrogens is 240 g/mol. The summed E-state index contributed by atoms with van der Waals surface area (Å²) in [4.78, 5) is 15.9. The molecule has 0 saturated heterocycles. The van der Waals surface area contributed by atoms with Gasteiger partial charge in [0.1, 0.15) is 0 Å². The first-order valence-corrected chi connectivity index (χ1v) is 6.46. The molecule has 0 unspecified atom stereocenters. The predicted octanol–water partition coefficient (Wildman–Crippen LogP) is 2.26. The summed E-state index contributed by atoms with van der Waals surface area (Å²) in [6.45, 7) is 2.83. The lowest BCUT2D eigenvalue weighted by atomic mass is 10.0. The minimum atomic E-state index is -0.897. The summed E-state index contributed by atoms with van der Waals surface area (Å²) in [6.07, 6.45) is 1.61. The fourth-order valence-corrected chi connectivity index (χ4v) is 2.11. The lowest BCUT2D eigenvalue weighted by molar-refractivity contribution is 0.0699. The predicted molar refractivity (Wildman–Crippen MR) is 75.7 cm³/mol. The summed E-state index contributed by atoms with van der Waals surface area (Å²) >= 11 is 0. The molecule has 0 aliphatic rings. The third kappa shape index (κ3) is 2.90. The number of benzene rings is 1. The molecule has 0 amide bonds. The van der Waals surface area contributed by atoms with Gasteiger partial charge in [-0.3, -0.25) is 4.98 Å². The second-order valence-corrected chi connectivity index (χ2v) is 4.52. The van der Waals surface area contributed by atoms with Gasteiger partial charge in [0, 0.05) is 24.0 Å². The largest absolute Gasteiger partial charge is 0.478 e. The molecule has 100 valence electrons. The Morgan fingerprint density at radius 2 is 2.16 bits per heavy atom. The standard InChI is InChI=1S/C15H18N2O2/c1-3-10-4-5-14-12(8-10)13(15(18)19)9-11(17-14)6-7-16-2/h4-5,8-9,16H,3,6-7H2,1-2H3,(H,18,19). The van der Waals surface area contributed by atoms with E-state index in [1.54, 1.807) is 6.07 Å². The Balaban J connectivity index is 2.58. The van der Waals surface area contributed by atoms with Crippen LogP contribution < -0.4 is 5.32 Å². The summed E-state index contributed by atoms with van der Waals surface area (Å²) in [6, 6.07) is 7.52. The topological polar surface area (TPSA) is 62.2 Å². The number of aromatic carboxylic acids is 1. The molecule has 0 spiro atoms. The minimum Gasteiger partial charge on any atom is -0.478 e. The van der Waals surface area contributed by atoms with Crippen molar-refractivity contribution in [1.29, 1.82) is 0 Å². The van der Waals surface area contributed by atoms with Gasteiger partial charge >= 0.3 is 5.97 Å². The molecule has 0 aliphatic heterocycles. The summed E-state index contributed by atoms with van der Waals surface area (Å²) < 4.78 is 0. The van der Waals surface area contributed by atoms with Crippen molar-refractivity contribution in [2.75, 3.05) is 13.6 Å². The Kier molecular flexibility index (Phi) is 4.12. The van der Waals surface area contributed by atoms with E-state index in [9.17, 15) is 9.90 Å². The summed E-state index contributed by atoms with van der Waals surface area (Å²) in [7, 11) is 1.87. The minimum absolute atomic E-state index is 0.339. The van der Waals surface area contributed by atoms with E-state index in [1.165, 1.54) is 0 Å². The number of pyridine rings is 1. The maximum absolute atomic E-state index is 11.4. The second kappa shape index (κ2) is 5.80. The Morgan fingerprint density at radius 1 is 1.37 bits per heavy atom. The lowest BCUT2D eigenvalue weighted by Gasteiger charge is -2.08. The zero-order valence-electron chi connectivity index (χ0n) is 11.2. The molecule has 0 bridgehead atoms. The maximum Gasteiger partial charge on any atom is 0.336 e. The number of carbonyl (C=O) groups is 1. The molecule has 0 saturated carbocycles. The monoisotopic (exact) mass is 258 g/mol. The van der Waals surface area contributed by atoms with Crippen molar-refractivity contribution in [3.8, 4) is 0 Å². The molecule has 0 fully saturated rings. The van der Waals surface area contributed by atoms with Crippen molar-refractivity contribution in [2.45, 2.75) is 19.8 Å². The van der Waals surface area contributed by atoms with Crippen LogP contribution in [0.15, 0.2) is 24.3 Å². The number of nitrogens with one attached hydrogen (secondary N) is 1. The molecule has 1 heterocycles. The summed E-state index contributed by atoms with van der Waals surface area (Å²) in [5, 5.41) is 13.1. The highest BCUT2D eigenvalue weighted by Crippen LogP contribution is 2.21. The van der Waals surface area contributed by atoms with Gasteiger partial charge in [0.25, 0.3) is 0 Å². The fourth-order valence-electron chi connectivity index (χ4n) is 2.11. The molecule has 0 radical (unpaired) electrons. The maximum atomic E-state index is 11.4. The van der Waals surface area contributed by atoms with Gasteiger partial charge in [0.05, 0.1) is 11.1 Å². The molecule has 4 heteroatoms. The quantitative estimate of drug-likeness (QED) is 0.863. The van der Waals surface area contributed by atoms with E-state index in [-0.39, 0.29) is 0 Å².